The Balaban J connectivity index is 2.76. The van der Waals surface area contributed by atoms with Gasteiger partial charge in [0, 0.05) is 20.3 Å². The lowest BCUT2D eigenvalue weighted by molar-refractivity contribution is 0.0477. The molecule has 1 aromatic rings. The summed E-state index contributed by atoms with van der Waals surface area (Å²) in [5.74, 6) is 0.977. The van der Waals surface area contributed by atoms with Gasteiger partial charge in [-0.15, -0.1) is 0 Å². The summed E-state index contributed by atoms with van der Waals surface area (Å²) in [6.45, 7) is 4.97. The van der Waals surface area contributed by atoms with E-state index in [4.69, 9.17) is 19.7 Å². The number of nitrogens with two attached hydrogens (primary N) is 1. The smallest absolute Gasteiger partial charge is 0.257 e. The van der Waals surface area contributed by atoms with Gasteiger partial charge in [-0.05, 0) is 13.3 Å². The van der Waals surface area contributed by atoms with Crippen LogP contribution in [0.2, 0.25) is 0 Å². The number of hydrogen-bond donors (Lipinski definition) is 1. The average Bonchev–Trinajstić information content (AvgIpc) is 2.80. The summed E-state index contributed by atoms with van der Waals surface area (Å²) in [6.07, 6.45) is 1.41. The molecule has 0 aliphatic carbocycles. The first-order valence-corrected chi connectivity index (χ1v) is 5.94. The van der Waals surface area contributed by atoms with Crippen LogP contribution in [0.25, 0.3) is 0 Å². The number of methoxy groups -OCH3 is 1. The van der Waals surface area contributed by atoms with Gasteiger partial charge < -0.3 is 19.7 Å². The zero-order valence-electron chi connectivity index (χ0n) is 10.7. The Hall–Kier alpha value is -0.980. The van der Waals surface area contributed by atoms with Gasteiger partial charge in [-0.1, -0.05) is 18.5 Å². The molecule has 0 fully saturated rings. The van der Waals surface area contributed by atoms with Gasteiger partial charge >= 0.3 is 0 Å². The average molecular weight is 243 g/mol. The predicted octanol–water partition coefficient (Wildman–Crippen LogP) is 1.59. The molecule has 0 aliphatic rings. The van der Waals surface area contributed by atoms with E-state index in [9.17, 15) is 0 Å². The number of nitrogens with zero attached hydrogens (tertiary/aromatic N) is 2. The van der Waals surface area contributed by atoms with Crippen molar-refractivity contribution in [3.63, 3.8) is 0 Å². The highest BCUT2D eigenvalue weighted by atomic mass is 16.5. The van der Waals surface area contributed by atoms with E-state index in [1.807, 2.05) is 6.92 Å². The van der Waals surface area contributed by atoms with Crippen molar-refractivity contribution < 1.29 is 14.0 Å². The molecule has 0 radical (unpaired) electrons. The Kier molecular flexibility index (Phi) is 6.10. The molecule has 0 saturated heterocycles. The molecule has 2 N–H and O–H groups in total. The van der Waals surface area contributed by atoms with Gasteiger partial charge in [-0.3, -0.25) is 0 Å². The fraction of sp³-hybridized carbons (Fsp3) is 0.818. The van der Waals surface area contributed by atoms with Crippen LogP contribution < -0.4 is 5.73 Å². The summed E-state index contributed by atoms with van der Waals surface area (Å²) in [4.78, 5) is 4.28. The van der Waals surface area contributed by atoms with Gasteiger partial charge in [0.25, 0.3) is 5.89 Å². The molecule has 0 aromatic carbocycles. The Morgan fingerprint density at radius 1 is 1.35 bits per heavy atom. The van der Waals surface area contributed by atoms with Crippen LogP contribution >= 0.6 is 0 Å². The van der Waals surface area contributed by atoms with Crippen LogP contribution in [0, 0.1) is 0 Å². The molecule has 17 heavy (non-hydrogen) atoms. The lowest BCUT2D eigenvalue weighted by Crippen LogP contribution is -2.14. The minimum Gasteiger partial charge on any atom is -0.370 e. The van der Waals surface area contributed by atoms with Gasteiger partial charge in [0.15, 0.2) is 0 Å². The summed E-state index contributed by atoms with van der Waals surface area (Å²) < 4.78 is 15.8. The van der Waals surface area contributed by atoms with Crippen LogP contribution in [0.5, 0.6) is 0 Å². The van der Waals surface area contributed by atoms with Gasteiger partial charge in [-0.25, -0.2) is 0 Å². The molecule has 6 heteroatoms. The third-order valence-corrected chi connectivity index (χ3v) is 2.44. The maximum absolute atomic E-state index is 5.57. The largest absolute Gasteiger partial charge is 0.370 e. The van der Waals surface area contributed by atoms with Crippen LogP contribution in [-0.4, -0.2) is 30.4 Å². The summed E-state index contributed by atoms with van der Waals surface area (Å²) in [7, 11) is 1.56. The topological polar surface area (TPSA) is 83.4 Å². The first kappa shape index (κ1) is 14.1. The standard InChI is InChI=1S/C11H21N3O3/c1-4-6-8(16-5-2)10-13-11(17-14-10)9(7-12)15-3/h8-9H,4-7,12H2,1-3H3. The lowest BCUT2D eigenvalue weighted by atomic mass is 10.2. The SMILES string of the molecule is CCCC(OCC)c1noc(C(CN)OC)n1. The van der Waals surface area contributed by atoms with Gasteiger partial charge in [0.05, 0.1) is 0 Å². The van der Waals surface area contributed by atoms with Gasteiger partial charge in [-0.2, -0.15) is 4.98 Å². The molecular weight excluding hydrogens is 222 g/mol. The molecule has 0 spiro atoms. The van der Waals surface area contributed by atoms with E-state index in [1.165, 1.54) is 0 Å². The first-order valence-electron chi connectivity index (χ1n) is 5.94. The molecule has 0 saturated carbocycles. The van der Waals surface area contributed by atoms with Crippen molar-refractivity contribution in [2.24, 2.45) is 5.73 Å². The lowest BCUT2D eigenvalue weighted by Gasteiger charge is -2.11. The number of hydrogen-bond acceptors (Lipinski definition) is 6. The maximum Gasteiger partial charge on any atom is 0.257 e. The first-order chi connectivity index (χ1) is 8.26. The maximum atomic E-state index is 5.57. The molecule has 0 bridgehead atoms. The minimum absolute atomic E-state index is 0.113. The molecule has 6 nitrogen and oxygen atoms in total. The van der Waals surface area contributed by atoms with E-state index in [-0.39, 0.29) is 12.2 Å². The van der Waals surface area contributed by atoms with Crippen molar-refractivity contribution in [2.45, 2.75) is 38.9 Å². The van der Waals surface area contributed by atoms with Crippen LogP contribution in [0.1, 0.15) is 50.6 Å². The second kappa shape index (κ2) is 7.37. The van der Waals surface area contributed by atoms with Crippen molar-refractivity contribution in [2.75, 3.05) is 20.3 Å². The van der Waals surface area contributed by atoms with Crippen LogP contribution in [-0.2, 0) is 9.47 Å². The molecule has 1 aromatic heterocycles. The van der Waals surface area contributed by atoms with Crippen molar-refractivity contribution >= 4 is 0 Å². The minimum atomic E-state index is -0.347. The molecule has 1 heterocycles. The monoisotopic (exact) mass is 243 g/mol. The van der Waals surface area contributed by atoms with E-state index < -0.39 is 0 Å². The summed E-state index contributed by atoms with van der Waals surface area (Å²) in [5, 5.41) is 3.92. The number of ether oxygens (including phenoxy) is 2. The highest BCUT2D eigenvalue weighted by Gasteiger charge is 2.21. The summed E-state index contributed by atoms with van der Waals surface area (Å²) in [6, 6.07) is 0. The highest BCUT2D eigenvalue weighted by Crippen LogP contribution is 2.22. The molecular formula is C11H21N3O3. The van der Waals surface area contributed by atoms with Crippen molar-refractivity contribution in [1.29, 1.82) is 0 Å². The fourth-order valence-electron chi connectivity index (χ4n) is 1.56. The zero-order valence-corrected chi connectivity index (χ0v) is 10.7. The van der Waals surface area contributed by atoms with E-state index in [1.54, 1.807) is 7.11 Å². The predicted molar refractivity (Wildman–Crippen MR) is 62.4 cm³/mol. The Morgan fingerprint density at radius 3 is 2.65 bits per heavy atom. The Bertz CT molecular complexity index is 307. The fourth-order valence-corrected chi connectivity index (χ4v) is 1.56. The van der Waals surface area contributed by atoms with Crippen LogP contribution in [0.4, 0.5) is 0 Å². The second-order valence-electron chi connectivity index (χ2n) is 3.68. The summed E-state index contributed by atoms with van der Waals surface area (Å²) >= 11 is 0. The number of rotatable bonds is 8. The van der Waals surface area contributed by atoms with Crippen molar-refractivity contribution in [1.82, 2.24) is 10.1 Å². The normalized spacial score (nSPS) is 14.8. The van der Waals surface area contributed by atoms with E-state index >= 15 is 0 Å². The molecule has 2 unspecified atom stereocenters. The Labute approximate surface area is 101 Å². The third kappa shape index (κ3) is 3.76. The quantitative estimate of drug-likeness (QED) is 0.746. The van der Waals surface area contributed by atoms with Gasteiger partial charge in [0.1, 0.15) is 12.2 Å². The van der Waals surface area contributed by atoms with E-state index in [0.29, 0.717) is 24.9 Å². The number of aromatic nitrogens is 2. The molecule has 98 valence electrons. The van der Waals surface area contributed by atoms with Crippen molar-refractivity contribution in [3.05, 3.63) is 11.7 Å². The molecule has 2 atom stereocenters. The zero-order chi connectivity index (χ0) is 12.7. The highest BCUT2D eigenvalue weighted by molar-refractivity contribution is 4.94. The van der Waals surface area contributed by atoms with Crippen LogP contribution in [0.3, 0.4) is 0 Å². The third-order valence-electron chi connectivity index (χ3n) is 2.44. The second-order valence-corrected chi connectivity index (χ2v) is 3.68. The summed E-state index contributed by atoms with van der Waals surface area (Å²) in [5.41, 5.74) is 5.53. The van der Waals surface area contributed by atoms with E-state index in [2.05, 4.69) is 17.1 Å². The molecule has 1 rings (SSSR count). The Morgan fingerprint density at radius 2 is 2.12 bits per heavy atom. The van der Waals surface area contributed by atoms with Crippen LogP contribution in [0.15, 0.2) is 4.52 Å². The molecule has 0 amide bonds. The molecule has 0 aliphatic heterocycles. The van der Waals surface area contributed by atoms with Crippen molar-refractivity contribution in [3.8, 4) is 0 Å². The van der Waals surface area contributed by atoms with Gasteiger partial charge in [0.2, 0.25) is 5.82 Å². The van der Waals surface area contributed by atoms with E-state index in [0.717, 1.165) is 12.8 Å².